The molecule has 2 aromatic carbocycles. The molecule has 0 heterocycles. The molecule has 0 aliphatic carbocycles. The molecule has 2 rings (SSSR count). The van der Waals surface area contributed by atoms with Crippen LogP contribution in [0, 0.1) is 42.2 Å². The van der Waals surface area contributed by atoms with Crippen LogP contribution < -0.4 is 5.32 Å². The lowest BCUT2D eigenvalue weighted by atomic mass is 9.86. The van der Waals surface area contributed by atoms with Crippen LogP contribution in [0.25, 0.3) is 5.57 Å². The Hall–Kier alpha value is -3.00. The van der Waals surface area contributed by atoms with E-state index in [-0.39, 0.29) is 5.57 Å². The topological polar surface area (TPSA) is 52.9 Å². The lowest BCUT2D eigenvalue weighted by molar-refractivity contribution is 0.0949. The van der Waals surface area contributed by atoms with Gasteiger partial charge in [0, 0.05) is 11.1 Å². The van der Waals surface area contributed by atoms with Gasteiger partial charge in [0.2, 0.25) is 0 Å². The zero-order valence-corrected chi connectivity index (χ0v) is 16.1. The Kier molecular flexibility index (Phi) is 5.80. The van der Waals surface area contributed by atoms with Crippen LogP contribution >= 0.6 is 0 Å². The van der Waals surface area contributed by atoms with E-state index in [1.807, 2.05) is 52.8 Å². The summed E-state index contributed by atoms with van der Waals surface area (Å²) in [6.07, 6.45) is 0. The first-order chi connectivity index (χ1) is 12.5. The molecule has 0 radical (unpaired) electrons. The largest absolute Gasteiger partial charge is 0.324 e. The molecule has 0 spiro atoms. The first kappa shape index (κ1) is 20.3. The van der Waals surface area contributed by atoms with Crippen molar-refractivity contribution < 1.29 is 13.6 Å². The lowest BCUT2D eigenvalue weighted by Crippen LogP contribution is -2.32. The number of carbonyl (C=O) groups is 1. The highest BCUT2D eigenvalue weighted by Gasteiger charge is 2.27. The van der Waals surface area contributed by atoms with E-state index in [0.717, 1.165) is 23.3 Å². The molecular weight excluding hydrogens is 346 g/mol. The third kappa shape index (κ3) is 4.59. The van der Waals surface area contributed by atoms with E-state index in [0.29, 0.717) is 11.3 Å². The van der Waals surface area contributed by atoms with Crippen LogP contribution in [-0.4, -0.2) is 5.91 Å². The molecule has 0 aliphatic rings. The number of nitrogens with zero attached hydrogens (tertiary/aromatic N) is 1. The van der Waals surface area contributed by atoms with Crippen LogP contribution in [-0.2, 0) is 0 Å². The van der Waals surface area contributed by atoms with Crippen LogP contribution in [0.1, 0.15) is 47.8 Å². The summed E-state index contributed by atoms with van der Waals surface area (Å²) in [4.78, 5) is 12.6. The zero-order valence-electron chi connectivity index (χ0n) is 16.1. The summed E-state index contributed by atoms with van der Waals surface area (Å²) in [7, 11) is 0. The van der Waals surface area contributed by atoms with Crippen molar-refractivity contribution in [2.45, 2.75) is 34.6 Å². The van der Waals surface area contributed by atoms with E-state index in [1.54, 1.807) is 0 Å². The van der Waals surface area contributed by atoms with E-state index in [4.69, 9.17) is 0 Å². The van der Waals surface area contributed by atoms with Crippen LogP contribution in [0.5, 0.6) is 0 Å². The van der Waals surface area contributed by atoms with Gasteiger partial charge in [-0.2, -0.15) is 5.26 Å². The molecule has 0 bridgehead atoms. The quantitative estimate of drug-likeness (QED) is 0.748. The normalized spacial score (nSPS) is 12.2. The number of nitrogens with one attached hydrogen (secondary N) is 1. The van der Waals surface area contributed by atoms with Crippen LogP contribution in [0.4, 0.5) is 8.78 Å². The maximum atomic E-state index is 14.0. The maximum absolute atomic E-state index is 14.0. The average Bonchev–Trinajstić information content (AvgIpc) is 2.52. The summed E-state index contributed by atoms with van der Waals surface area (Å²) in [5.41, 5.74) is 1.85. The fraction of sp³-hybridized carbons (Fsp3) is 0.273. The van der Waals surface area contributed by atoms with Gasteiger partial charge in [-0.05, 0) is 31.5 Å². The molecular formula is C22H22F2N2O. The molecule has 0 aliphatic heterocycles. The minimum atomic E-state index is -0.953. The number of rotatable bonds is 3. The van der Waals surface area contributed by atoms with Gasteiger partial charge in [-0.15, -0.1) is 0 Å². The maximum Gasteiger partial charge on any atom is 0.261 e. The first-order valence-corrected chi connectivity index (χ1v) is 8.53. The van der Waals surface area contributed by atoms with Gasteiger partial charge in [-0.25, -0.2) is 8.78 Å². The number of nitriles is 1. The fourth-order valence-electron chi connectivity index (χ4n) is 2.90. The van der Waals surface area contributed by atoms with E-state index < -0.39 is 28.5 Å². The molecule has 5 heteroatoms. The highest BCUT2D eigenvalue weighted by atomic mass is 19.1. The second kappa shape index (κ2) is 7.71. The Bertz CT molecular complexity index is 923. The van der Waals surface area contributed by atoms with E-state index in [1.165, 1.54) is 6.07 Å². The minimum absolute atomic E-state index is 0.263. The standard InChI is InChI=1S/C22H22F2N2O/c1-13-9-14(2)11-15(10-13)16(12-25)20(22(3,4)5)26-21(27)19-17(23)7-6-8-18(19)24/h6-11H,1-5H3,(H,26,27). The predicted octanol–water partition coefficient (Wildman–Crippen LogP) is 5.29. The molecule has 0 aromatic heterocycles. The zero-order chi connectivity index (χ0) is 20.4. The van der Waals surface area contributed by atoms with Gasteiger partial charge in [0.25, 0.3) is 5.91 Å². The fourth-order valence-corrected chi connectivity index (χ4v) is 2.90. The molecule has 27 heavy (non-hydrogen) atoms. The highest BCUT2D eigenvalue weighted by molar-refractivity contribution is 5.97. The van der Waals surface area contributed by atoms with Gasteiger partial charge < -0.3 is 5.32 Å². The van der Waals surface area contributed by atoms with Crippen molar-refractivity contribution in [3.05, 3.63) is 76.0 Å². The number of halogens is 2. The van der Waals surface area contributed by atoms with Gasteiger partial charge in [0.15, 0.2) is 0 Å². The van der Waals surface area contributed by atoms with Gasteiger partial charge in [-0.1, -0.05) is 56.2 Å². The van der Waals surface area contributed by atoms with Crippen molar-refractivity contribution in [3.8, 4) is 6.07 Å². The number of allylic oxidation sites excluding steroid dienone is 2. The van der Waals surface area contributed by atoms with E-state index >= 15 is 0 Å². The predicted molar refractivity (Wildman–Crippen MR) is 102 cm³/mol. The summed E-state index contributed by atoms with van der Waals surface area (Å²) >= 11 is 0. The molecule has 0 unspecified atom stereocenters. The summed E-state index contributed by atoms with van der Waals surface area (Å²) in [6, 6.07) is 11.0. The van der Waals surface area contributed by atoms with Crippen molar-refractivity contribution in [2.75, 3.05) is 0 Å². The highest BCUT2D eigenvalue weighted by Crippen LogP contribution is 2.31. The monoisotopic (exact) mass is 368 g/mol. The Morgan fingerprint density at radius 2 is 1.56 bits per heavy atom. The van der Waals surface area contributed by atoms with Crippen molar-refractivity contribution in [3.63, 3.8) is 0 Å². The third-order valence-corrected chi connectivity index (χ3v) is 4.05. The van der Waals surface area contributed by atoms with E-state index in [2.05, 4.69) is 11.4 Å². The van der Waals surface area contributed by atoms with Crippen LogP contribution in [0.3, 0.4) is 0 Å². The first-order valence-electron chi connectivity index (χ1n) is 8.53. The lowest BCUT2D eigenvalue weighted by Gasteiger charge is -2.26. The second-order valence-electron chi connectivity index (χ2n) is 7.54. The molecule has 1 amide bonds. The molecule has 2 aromatic rings. The summed E-state index contributed by atoms with van der Waals surface area (Å²) in [5.74, 6) is -2.83. The second-order valence-corrected chi connectivity index (χ2v) is 7.54. The number of benzene rings is 2. The molecule has 1 N–H and O–H groups in total. The Labute approximate surface area is 158 Å². The SMILES string of the molecule is Cc1cc(C)cc(C(C#N)=C(NC(=O)c2c(F)cccc2F)C(C)(C)C)c1. The van der Waals surface area contributed by atoms with E-state index in [9.17, 15) is 18.8 Å². The van der Waals surface area contributed by atoms with Crippen LogP contribution in [0.15, 0.2) is 42.1 Å². The minimum Gasteiger partial charge on any atom is -0.324 e. The molecule has 140 valence electrons. The van der Waals surface area contributed by atoms with Crippen molar-refractivity contribution >= 4 is 11.5 Å². The molecule has 3 nitrogen and oxygen atoms in total. The summed E-state index contributed by atoms with van der Waals surface area (Å²) in [5, 5.41) is 12.4. The third-order valence-electron chi connectivity index (χ3n) is 4.05. The van der Waals surface area contributed by atoms with Crippen LogP contribution in [0.2, 0.25) is 0 Å². The van der Waals surface area contributed by atoms with Gasteiger partial charge in [0.05, 0.1) is 5.57 Å². The molecule has 0 saturated heterocycles. The van der Waals surface area contributed by atoms with Crippen molar-refractivity contribution in [1.29, 1.82) is 5.26 Å². The van der Waals surface area contributed by atoms with Gasteiger partial charge >= 0.3 is 0 Å². The van der Waals surface area contributed by atoms with Crippen molar-refractivity contribution in [1.82, 2.24) is 5.32 Å². The number of carbonyl (C=O) groups excluding carboxylic acids is 1. The Morgan fingerprint density at radius 1 is 1.04 bits per heavy atom. The Morgan fingerprint density at radius 3 is 2.00 bits per heavy atom. The van der Waals surface area contributed by atoms with Crippen molar-refractivity contribution in [2.24, 2.45) is 5.41 Å². The molecule has 0 atom stereocenters. The summed E-state index contributed by atoms with van der Waals surface area (Å²) in [6.45, 7) is 9.28. The van der Waals surface area contributed by atoms with Gasteiger partial charge in [-0.3, -0.25) is 4.79 Å². The number of hydrogen-bond acceptors (Lipinski definition) is 2. The molecule has 0 saturated carbocycles. The Balaban J connectivity index is 2.62. The number of amides is 1. The number of aryl methyl sites for hydroxylation is 2. The molecule has 0 fully saturated rings. The summed E-state index contributed by atoms with van der Waals surface area (Å²) < 4.78 is 28.0. The van der Waals surface area contributed by atoms with Gasteiger partial charge in [0.1, 0.15) is 23.3 Å². The number of hydrogen-bond donors (Lipinski definition) is 1. The average molecular weight is 368 g/mol. The smallest absolute Gasteiger partial charge is 0.261 e.